The number of carbonyl (C=O) groups is 1. The number of likely N-dealkylation sites (N-methyl/N-ethyl adjacent to an activating group) is 1. The Morgan fingerprint density at radius 2 is 1.88 bits per heavy atom. The molecule has 16 heavy (non-hydrogen) atoms. The zero-order valence-corrected chi connectivity index (χ0v) is 11.2. The van der Waals surface area contributed by atoms with E-state index in [2.05, 4.69) is 13.8 Å². The minimum atomic E-state index is -0.943. The van der Waals surface area contributed by atoms with Crippen LogP contribution in [-0.2, 0) is 4.79 Å². The van der Waals surface area contributed by atoms with Crippen LogP contribution in [0.25, 0.3) is 0 Å². The molecule has 1 amide bonds. The molecule has 0 saturated carbocycles. The first-order valence-electron chi connectivity index (χ1n) is 5.29. The summed E-state index contributed by atoms with van der Waals surface area (Å²) in [7, 11) is 4.58. The Morgan fingerprint density at radius 1 is 1.38 bits per heavy atom. The second-order valence-electron chi connectivity index (χ2n) is 4.16. The molecular formula is C10H21N2O3P. The Bertz CT molecular complexity index is 248. The summed E-state index contributed by atoms with van der Waals surface area (Å²) >= 11 is 0. The third-order valence-corrected chi connectivity index (χ3v) is 2.92. The molecular weight excluding hydrogens is 227 g/mol. The van der Waals surface area contributed by atoms with E-state index < -0.39 is 18.2 Å². The summed E-state index contributed by atoms with van der Waals surface area (Å²) in [4.78, 5) is 13.3. The maximum Gasteiger partial charge on any atom is 0.227 e. The van der Waals surface area contributed by atoms with Gasteiger partial charge < -0.3 is 15.1 Å². The molecule has 4 atom stereocenters. The van der Waals surface area contributed by atoms with Gasteiger partial charge in [0.2, 0.25) is 5.91 Å². The lowest BCUT2D eigenvalue weighted by molar-refractivity contribution is -0.139. The summed E-state index contributed by atoms with van der Waals surface area (Å²) in [6.45, 7) is 5.35. The molecule has 0 bridgehead atoms. The highest BCUT2D eigenvalue weighted by molar-refractivity contribution is 7.03. The van der Waals surface area contributed by atoms with Crippen molar-refractivity contribution < 1.29 is 15.0 Å². The highest BCUT2D eigenvalue weighted by Crippen LogP contribution is 2.11. The first-order valence-corrected chi connectivity index (χ1v) is 5.73. The van der Waals surface area contributed by atoms with E-state index in [1.54, 1.807) is 20.9 Å². The molecule has 0 aromatic rings. The lowest BCUT2D eigenvalue weighted by Gasteiger charge is -2.31. The van der Waals surface area contributed by atoms with E-state index in [0.717, 1.165) is 0 Å². The van der Waals surface area contributed by atoms with Crippen LogP contribution in [0.3, 0.4) is 0 Å². The third kappa shape index (κ3) is 4.16. The van der Waals surface area contributed by atoms with Gasteiger partial charge in [0, 0.05) is 7.05 Å². The molecule has 94 valence electrons. The first kappa shape index (κ1) is 15.5. The van der Waals surface area contributed by atoms with Gasteiger partial charge in [-0.2, -0.15) is 0 Å². The van der Waals surface area contributed by atoms with Crippen molar-refractivity contribution in [1.82, 2.24) is 4.90 Å². The van der Waals surface area contributed by atoms with Crippen LogP contribution in [0.4, 0.5) is 0 Å². The average molecular weight is 248 g/mol. The SMILES string of the molecule is CC(CN=P)C(=O)N(C)[C@@H](C)C(O)C(C)O. The fraction of sp³-hybridized carbons (Fsp3) is 0.900. The van der Waals surface area contributed by atoms with Crippen molar-refractivity contribution in [1.29, 1.82) is 0 Å². The molecule has 0 rings (SSSR count). The Labute approximate surface area is 98.8 Å². The molecule has 3 unspecified atom stereocenters. The molecule has 0 aliphatic heterocycles. The number of amides is 1. The Kier molecular flexibility index (Phi) is 6.72. The van der Waals surface area contributed by atoms with Gasteiger partial charge in [0.05, 0.1) is 30.7 Å². The fourth-order valence-corrected chi connectivity index (χ4v) is 1.67. The predicted octanol–water partition coefficient (Wildman–Crippen LogP) is 0.537. The van der Waals surface area contributed by atoms with Gasteiger partial charge in [-0.05, 0) is 22.9 Å². The van der Waals surface area contributed by atoms with Crippen molar-refractivity contribution in [3.63, 3.8) is 0 Å². The van der Waals surface area contributed by atoms with Crippen LogP contribution < -0.4 is 0 Å². The van der Waals surface area contributed by atoms with Gasteiger partial charge in [0.1, 0.15) is 0 Å². The van der Waals surface area contributed by atoms with Crippen molar-refractivity contribution in [2.24, 2.45) is 10.7 Å². The van der Waals surface area contributed by atoms with Crippen molar-refractivity contribution in [2.45, 2.75) is 39.0 Å². The molecule has 0 fully saturated rings. The van der Waals surface area contributed by atoms with E-state index >= 15 is 0 Å². The quantitative estimate of drug-likeness (QED) is 0.674. The number of hydrogen-bond donors (Lipinski definition) is 2. The normalized spacial score (nSPS) is 18.4. The molecule has 6 heteroatoms. The topological polar surface area (TPSA) is 73.1 Å². The predicted molar refractivity (Wildman–Crippen MR) is 64.7 cm³/mol. The van der Waals surface area contributed by atoms with Crippen LogP contribution in [0.1, 0.15) is 20.8 Å². The Balaban J connectivity index is 4.48. The molecule has 2 N–H and O–H groups in total. The summed E-state index contributed by atoms with van der Waals surface area (Å²) in [6.07, 6.45) is -1.80. The number of hydrogen-bond acceptors (Lipinski definition) is 4. The highest BCUT2D eigenvalue weighted by Gasteiger charge is 2.28. The summed E-state index contributed by atoms with van der Waals surface area (Å²) < 4.78 is 3.72. The van der Waals surface area contributed by atoms with E-state index in [0.29, 0.717) is 6.54 Å². The van der Waals surface area contributed by atoms with E-state index in [4.69, 9.17) is 0 Å². The highest BCUT2D eigenvalue weighted by atomic mass is 31.0. The molecule has 0 spiro atoms. The Morgan fingerprint density at radius 3 is 2.25 bits per heavy atom. The van der Waals surface area contributed by atoms with Crippen molar-refractivity contribution in [2.75, 3.05) is 13.6 Å². The second kappa shape index (κ2) is 6.94. The van der Waals surface area contributed by atoms with Crippen LogP contribution in [0.15, 0.2) is 4.74 Å². The summed E-state index contributed by atoms with van der Waals surface area (Å²) in [5.74, 6) is -0.347. The van der Waals surface area contributed by atoms with E-state index in [1.807, 2.05) is 0 Å². The number of aliphatic hydroxyl groups is 2. The molecule has 0 aromatic heterocycles. The van der Waals surface area contributed by atoms with Crippen molar-refractivity contribution >= 4 is 14.9 Å². The third-order valence-electron chi connectivity index (χ3n) is 2.73. The number of rotatable bonds is 6. The molecule has 0 aliphatic carbocycles. The molecule has 0 aliphatic rings. The minimum absolute atomic E-state index is 0.103. The number of aliphatic hydroxyl groups excluding tert-OH is 2. The number of nitrogens with zero attached hydrogens (tertiary/aromatic N) is 2. The number of carbonyl (C=O) groups excluding carboxylic acids is 1. The molecule has 0 aromatic carbocycles. The van der Waals surface area contributed by atoms with E-state index in [9.17, 15) is 15.0 Å². The monoisotopic (exact) mass is 248 g/mol. The van der Waals surface area contributed by atoms with Crippen LogP contribution >= 0.6 is 9.03 Å². The lowest BCUT2D eigenvalue weighted by Crippen LogP contribution is -2.48. The van der Waals surface area contributed by atoms with Gasteiger partial charge in [0.25, 0.3) is 0 Å². The largest absolute Gasteiger partial charge is 0.391 e. The van der Waals surface area contributed by atoms with Crippen molar-refractivity contribution in [3.8, 4) is 0 Å². The van der Waals surface area contributed by atoms with Crippen molar-refractivity contribution in [3.05, 3.63) is 0 Å². The van der Waals surface area contributed by atoms with Crippen LogP contribution in [0.5, 0.6) is 0 Å². The van der Waals surface area contributed by atoms with Crippen LogP contribution in [-0.4, -0.2) is 52.9 Å². The van der Waals surface area contributed by atoms with Gasteiger partial charge in [-0.3, -0.25) is 9.54 Å². The smallest absolute Gasteiger partial charge is 0.227 e. The lowest BCUT2D eigenvalue weighted by atomic mass is 10.0. The maximum absolute atomic E-state index is 11.9. The van der Waals surface area contributed by atoms with Gasteiger partial charge in [0.15, 0.2) is 0 Å². The van der Waals surface area contributed by atoms with E-state index in [-0.39, 0.29) is 11.8 Å². The minimum Gasteiger partial charge on any atom is -0.391 e. The van der Waals surface area contributed by atoms with Gasteiger partial charge in [-0.25, -0.2) is 0 Å². The van der Waals surface area contributed by atoms with Gasteiger partial charge in [-0.15, -0.1) is 0 Å². The average Bonchev–Trinajstić information content (AvgIpc) is 2.25. The Hall–Kier alpha value is -0.510. The summed E-state index contributed by atoms with van der Waals surface area (Å²) in [6, 6.07) is -0.426. The molecule has 0 radical (unpaired) electrons. The van der Waals surface area contributed by atoms with E-state index in [1.165, 1.54) is 11.8 Å². The van der Waals surface area contributed by atoms with Crippen LogP contribution in [0, 0.1) is 5.92 Å². The standard InChI is InChI=1S/C10H21N2O3P/c1-6(5-11-16)10(15)12(4)7(2)9(14)8(3)13/h6-9,13-14,16H,5H2,1-4H3/t6?,7-,8?,9?/m0/s1. The maximum atomic E-state index is 11.9. The molecule has 5 nitrogen and oxygen atoms in total. The zero-order valence-electron chi connectivity index (χ0n) is 10.2. The van der Waals surface area contributed by atoms with Gasteiger partial charge in [-0.1, -0.05) is 6.92 Å². The second-order valence-corrected chi connectivity index (χ2v) is 4.48. The van der Waals surface area contributed by atoms with Crippen LogP contribution in [0.2, 0.25) is 0 Å². The molecule has 0 saturated heterocycles. The zero-order chi connectivity index (χ0) is 12.9. The summed E-state index contributed by atoms with van der Waals surface area (Å²) in [5.41, 5.74) is 0. The fourth-order valence-electron chi connectivity index (χ4n) is 1.40. The van der Waals surface area contributed by atoms with Gasteiger partial charge >= 0.3 is 0 Å². The summed E-state index contributed by atoms with van der Waals surface area (Å²) in [5, 5.41) is 18.9. The molecule has 0 heterocycles. The first-order chi connectivity index (χ1) is 7.32.